The van der Waals surface area contributed by atoms with Crippen molar-refractivity contribution in [1.82, 2.24) is 4.98 Å². The molecule has 2 rings (SSSR count). The molecule has 1 amide bonds. The quantitative estimate of drug-likeness (QED) is 0.881. The number of carbonyl (C=O) groups excluding carboxylic acids is 2. The van der Waals surface area contributed by atoms with Crippen molar-refractivity contribution in [3.05, 3.63) is 58.9 Å². The topological polar surface area (TPSA) is 68.3 Å². The van der Waals surface area contributed by atoms with Crippen LogP contribution in [0.4, 0.5) is 5.69 Å². The summed E-state index contributed by atoms with van der Waals surface area (Å²) in [5.41, 5.74) is 0.823. The fraction of sp³-hybridized carbons (Fsp3) is 0.133. The Morgan fingerprint density at radius 1 is 1.14 bits per heavy atom. The average Bonchev–Trinajstić information content (AvgIpc) is 2.50. The minimum absolute atomic E-state index is 0.0978. The summed E-state index contributed by atoms with van der Waals surface area (Å²) in [6.45, 7) is 1.96. The third-order valence-corrected chi connectivity index (χ3v) is 2.82. The average molecular weight is 305 g/mol. The summed E-state index contributed by atoms with van der Waals surface area (Å²) in [6, 6.07) is 11.3. The normalized spacial score (nSPS) is 10.0. The maximum Gasteiger partial charge on any atom is 0.356 e. The number of esters is 1. The van der Waals surface area contributed by atoms with Gasteiger partial charge < -0.3 is 10.1 Å². The second kappa shape index (κ2) is 6.85. The fourth-order valence-corrected chi connectivity index (χ4v) is 1.73. The molecule has 0 aliphatic heterocycles. The zero-order valence-corrected chi connectivity index (χ0v) is 12.1. The van der Waals surface area contributed by atoms with Crippen LogP contribution in [-0.4, -0.2) is 23.5 Å². The SMILES string of the molecule is CCOC(=O)c1cccc(C(=O)Nc2ccc(Cl)cc2)n1. The molecule has 0 aliphatic rings. The van der Waals surface area contributed by atoms with E-state index in [9.17, 15) is 9.59 Å². The Morgan fingerprint density at radius 2 is 1.81 bits per heavy atom. The molecular weight excluding hydrogens is 292 g/mol. The van der Waals surface area contributed by atoms with Crippen LogP contribution >= 0.6 is 11.6 Å². The van der Waals surface area contributed by atoms with E-state index in [-0.39, 0.29) is 18.0 Å². The molecule has 1 N–H and O–H groups in total. The smallest absolute Gasteiger partial charge is 0.356 e. The van der Waals surface area contributed by atoms with E-state index >= 15 is 0 Å². The van der Waals surface area contributed by atoms with Crippen LogP contribution in [0.5, 0.6) is 0 Å². The van der Waals surface area contributed by atoms with Crippen LogP contribution in [0.3, 0.4) is 0 Å². The number of hydrogen-bond donors (Lipinski definition) is 1. The lowest BCUT2D eigenvalue weighted by atomic mass is 10.2. The number of nitrogens with zero attached hydrogens (tertiary/aromatic N) is 1. The first-order valence-corrected chi connectivity index (χ1v) is 6.69. The van der Waals surface area contributed by atoms with Crippen molar-refractivity contribution >= 4 is 29.2 Å². The van der Waals surface area contributed by atoms with Crippen LogP contribution in [0.1, 0.15) is 27.9 Å². The number of ether oxygens (including phenoxy) is 1. The molecule has 1 aromatic heterocycles. The second-order valence-electron chi connectivity index (χ2n) is 4.09. The van der Waals surface area contributed by atoms with Crippen molar-refractivity contribution in [3.63, 3.8) is 0 Å². The van der Waals surface area contributed by atoms with Gasteiger partial charge in [-0.2, -0.15) is 0 Å². The van der Waals surface area contributed by atoms with Crippen molar-refractivity contribution in [2.24, 2.45) is 0 Å². The fourth-order valence-electron chi connectivity index (χ4n) is 1.61. The van der Waals surface area contributed by atoms with E-state index < -0.39 is 11.9 Å². The molecule has 108 valence electrons. The van der Waals surface area contributed by atoms with Crippen molar-refractivity contribution in [2.75, 3.05) is 11.9 Å². The number of amides is 1. The largest absolute Gasteiger partial charge is 0.461 e. The van der Waals surface area contributed by atoms with E-state index in [4.69, 9.17) is 16.3 Å². The number of rotatable bonds is 4. The highest BCUT2D eigenvalue weighted by Crippen LogP contribution is 2.14. The molecule has 1 heterocycles. The van der Waals surface area contributed by atoms with Gasteiger partial charge in [0.1, 0.15) is 11.4 Å². The van der Waals surface area contributed by atoms with E-state index in [1.807, 2.05) is 0 Å². The van der Waals surface area contributed by atoms with Gasteiger partial charge in [0, 0.05) is 10.7 Å². The highest BCUT2D eigenvalue weighted by Gasteiger charge is 2.13. The van der Waals surface area contributed by atoms with E-state index in [1.165, 1.54) is 12.1 Å². The van der Waals surface area contributed by atoms with Gasteiger partial charge in [-0.1, -0.05) is 17.7 Å². The Labute approximate surface area is 126 Å². The molecule has 0 saturated carbocycles. The van der Waals surface area contributed by atoms with E-state index in [1.54, 1.807) is 37.3 Å². The van der Waals surface area contributed by atoms with E-state index in [2.05, 4.69) is 10.3 Å². The number of benzene rings is 1. The van der Waals surface area contributed by atoms with Gasteiger partial charge in [-0.05, 0) is 43.3 Å². The minimum Gasteiger partial charge on any atom is -0.461 e. The van der Waals surface area contributed by atoms with Crippen molar-refractivity contribution in [1.29, 1.82) is 0 Å². The number of halogens is 1. The molecular formula is C15H13ClN2O3. The van der Waals surface area contributed by atoms with Crippen LogP contribution in [0.25, 0.3) is 0 Å². The summed E-state index contributed by atoms with van der Waals surface area (Å²) in [5.74, 6) is -0.970. The van der Waals surface area contributed by atoms with Gasteiger partial charge in [0.2, 0.25) is 0 Å². The number of hydrogen-bond acceptors (Lipinski definition) is 4. The Bertz CT molecular complexity index is 656. The molecule has 0 unspecified atom stereocenters. The highest BCUT2D eigenvalue weighted by molar-refractivity contribution is 6.30. The van der Waals surface area contributed by atoms with Crippen molar-refractivity contribution in [3.8, 4) is 0 Å². The number of pyridine rings is 1. The molecule has 2 aromatic rings. The zero-order chi connectivity index (χ0) is 15.2. The minimum atomic E-state index is -0.557. The summed E-state index contributed by atoms with van der Waals surface area (Å²) in [6.07, 6.45) is 0. The standard InChI is InChI=1S/C15H13ClN2O3/c1-2-21-15(20)13-5-3-4-12(18-13)14(19)17-11-8-6-10(16)7-9-11/h3-9H,2H2,1H3,(H,17,19). The van der Waals surface area contributed by atoms with Crippen LogP contribution in [0.15, 0.2) is 42.5 Å². The lowest BCUT2D eigenvalue weighted by Crippen LogP contribution is -2.16. The van der Waals surface area contributed by atoms with Gasteiger partial charge in [0.25, 0.3) is 5.91 Å². The number of carbonyl (C=O) groups is 2. The molecule has 0 aliphatic carbocycles. The summed E-state index contributed by atoms with van der Waals surface area (Å²) in [5, 5.41) is 3.25. The predicted octanol–water partition coefficient (Wildman–Crippen LogP) is 3.16. The summed E-state index contributed by atoms with van der Waals surface area (Å²) in [4.78, 5) is 27.6. The molecule has 0 spiro atoms. The lowest BCUT2D eigenvalue weighted by Gasteiger charge is -2.06. The van der Waals surface area contributed by atoms with Crippen LogP contribution in [0.2, 0.25) is 5.02 Å². The lowest BCUT2D eigenvalue weighted by molar-refractivity contribution is 0.0519. The van der Waals surface area contributed by atoms with E-state index in [0.29, 0.717) is 10.7 Å². The predicted molar refractivity (Wildman–Crippen MR) is 79.6 cm³/mol. The van der Waals surface area contributed by atoms with Gasteiger partial charge in [-0.3, -0.25) is 4.79 Å². The zero-order valence-electron chi connectivity index (χ0n) is 11.3. The third-order valence-electron chi connectivity index (χ3n) is 2.57. The monoisotopic (exact) mass is 304 g/mol. The van der Waals surface area contributed by atoms with Gasteiger partial charge in [-0.25, -0.2) is 9.78 Å². The first-order valence-electron chi connectivity index (χ1n) is 6.31. The second-order valence-corrected chi connectivity index (χ2v) is 4.53. The highest BCUT2D eigenvalue weighted by atomic mass is 35.5. The molecule has 1 aromatic carbocycles. The van der Waals surface area contributed by atoms with Crippen LogP contribution < -0.4 is 5.32 Å². The molecule has 5 nitrogen and oxygen atoms in total. The maximum atomic E-state index is 12.1. The molecule has 0 radical (unpaired) electrons. The van der Waals surface area contributed by atoms with Crippen molar-refractivity contribution in [2.45, 2.75) is 6.92 Å². The number of aromatic nitrogens is 1. The third kappa shape index (κ3) is 4.03. The Hall–Kier alpha value is -2.40. The molecule has 0 fully saturated rings. The summed E-state index contributed by atoms with van der Waals surface area (Å²) in [7, 11) is 0. The number of nitrogens with one attached hydrogen (secondary N) is 1. The van der Waals surface area contributed by atoms with Crippen molar-refractivity contribution < 1.29 is 14.3 Å². The molecule has 0 saturated heterocycles. The summed E-state index contributed by atoms with van der Waals surface area (Å²) >= 11 is 5.77. The number of anilines is 1. The Balaban J connectivity index is 2.14. The summed E-state index contributed by atoms with van der Waals surface area (Å²) < 4.78 is 4.85. The first-order chi connectivity index (χ1) is 10.1. The van der Waals surface area contributed by atoms with Crippen LogP contribution in [0, 0.1) is 0 Å². The Morgan fingerprint density at radius 3 is 2.48 bits per heavy atom. The Kier molecular flexibility index (Phi) is 4.90. The van der Waals surface area contributed by atoms with Gasteiger partial charge in [0.15, 0.2) is 0 Å². The van der Waals surface area contributed by atoms with Gasteiger partial charge >= 0.3 is 5.97 Å². The molecule has 21 heavy (non-hydrogen) atoms. The molecule has 6 heteroatoms. The van der Waals surface area contributed by atoms with Crippen LogP contribution in [-0.2, 0) is 4.74 Å². The van der Waals surface area contributed by atoms with E-state index in [0.717, 1.165) is 0 Å². The van der Waals surface area contributed by atoms with Gasteiger partial charge in [-0.15, -0.1) is 0 Å². The maximum absolute atomic E-state index is 12.1. The first kappa shape index (κ1) is 15.0. The molecule has 0 atom stereocenters. The molecule has 0 bridgehead atoms. The van der Waals surface area contributed by atoms with Gasteiger partial charge in [0.05, 0.1) is 6.61 Å².